The van der Waals surface area contributed by atoms with Crippen molar-refractivity contribution in [2.75, 3.05) is 31.3 Å². The third-order valence-electron chi connectivity index (χ3n) is 8.83. The molecule has 0 bridgehead atoms. The van der Waals surface area contributed by atoms with Gasteiger partial charge in [-0.05, 0) is 104 Å². The van der Waals surface area contributed by atoms with E-state index >= 15 is 0 Å². The van der Waals surface area contributed by atoms with Gasteiger partial charge in [-0.25, -0.2) is 23.0 Å². The van der Waals surface area contributed by atoms with Gasteiger partial charge in [-0.2, -0.15) is 10.5 Å². The number of halogens is 2. The fraction of sp³-hybridized carbons (Fsp3) is 0.109. The van der Waals surface area contributed by atoms with Crippen molar-refractivity contribution in [2.45, 2.75) is 11.8 Å². The minimum Gasteiger partial charge on any atom is -0.480 e. The van der Waals surface area contributed by atoms with Crippen LogP contribution in [0.1, 0.15) is 16.8 Å². The minimum absolute atomic E-state index is 0.0897. The van der Waals surface area contributed by atoms with Gasteiger partial charge >= 0.3 is 17.9 Å². The summed E-state index contributed by atoms with van der Waals surface area (Å²) < 4.78 is 35.4. The number of aromatic nitrogens is 3. The molecule has 0 spiro atoms. The highest BCUT2D eigenvalue weighted by atomic mass is 35.5. The van der Waals surface area contributed by atoms with Crippen molar-refractivity contribution in [1.29, 1.82) is 10.5 Å². The van der Waals surface area contributed by atoms with E-state index < -0.39 is 41.0 Å². The van der Waals surface area contributed by atoms with Crippen LogP contribution in [0.4, 0.5) is 5.69 Å². The van der Waals surface area contributed by atoms with E-state index in [9.17, 15) is 22.8 Å². The summed E-state index contributed by atoms with van der Waals surface area (Å²) in [6.07, 6.45) is 4.54. The molecule has 0 saturated carbocycles. The van der Waals surface area contributed by atoms with E-state index in [1.54, 1.807) is 92.0 Å². The van der Waals surface area contributed by atoms with Gasteiger partial charge in [-0.3, -0.25) is 9.78 Å². The van der Waals surface area contributed by atoms with Crippen LogP contribution in [-0.2, 0) is 24.2 Å². The second kappa shape index (κ2) is 21.9. The number of rotatable bonds is 13. The SMILES string of the molecule is Cc1ccc(OCC(=O)O)c(-c2ccc(S(C)(=O)=O)cc2Cl)n1.N#Cc1ccc2c(ccn2-c2cc(Cl)ccc2NCC(=O)O)c1.N#Cc1cccc(-c2ncccc2OCC(=O)O)c1. The molecule has 4 aromatic carbocycles. The molecule has 0 amide bonds. The molecular weight excluding hydrogens is 900 g/mol. The smallest absolute Gasteiger partial charge is 0.341 e. The number of nitriles is 2. The predicted molar refractivity (Wildman–Crippen MR) is 242 cm³/mol. The van der Waals surface area contributed by atoms with Crippen molar-refractivity contribution in [3.05, 3.63) is 148 Å². The average molecular weight is 936 g/mol. The molecule has 65 heavy (non-hydrogen) atoms. The number of hydrogen-bond acceptors (Lipinski definition) is 12. The van der Waals surface area contributed by atoms with Crippen molar-refractivity contribution < 1.29 is 47.6 Å². The molecule has 4 N–H and O–H groups in total. The fourth-order valence-corrected chi connectivity index (χ4v) is 7.11. The Labute approximate surface area is 382 Å². The van der Waals surface area contributed by atoms with Crippen molar-refractivity contribution in [2.24, 2.45) is 0 Å². The zero-order chi connectivity index (χ0) is 47.3. The topological polar surface area (TPSA) is 255 Å². The summed E-state index contributed by atoms with van der Waals surface area (Å²) in [6, 6.07) is 34.4. The van der Waals surface area contributed by atoms with E-state index in [2.05, 4.69) is 21.4 Å². The lowest BCUT2D eigenvalue weighted by atomic mass is 10.1. The Morgan fingerprint density at radius 1 is 0.769 bits per heavy atom. The molecule has 0 atom stereocenters. The van der Waals surface area contributed by atoms with Gasteiger partial charge in [0.05, 0.1) is 50.1 Å². The largest absolute Gasteiger partial charge is 0.480 e. The van der Waals surface area contributed by atoms with Crippen molar-refractivity contribution in [1.82, 2.24) is 14.5 Å². The summed E-state index contributed by atoms with van der Waals surface area (Å²) in [4.78, 5) is 40.6. The molecule has 0 radical (unpaired) electrons. The van der Waals surface area contributed by atoms with Gasteiger partial charge in [0.25, 0.3) is 0 Å². The standard InChI is InChI=1S/C17H12ClN3O2.C15H14ClNO5S.C14H10N2O3/c18-13-2-3-14(20-10-17(22)23)16(8-13)21-6-5-12-7-11(9-19)1-4-15(12)21;1-9-3-6-13(22-8-14(18)19)15(17-9)11-5-4-10(7-12(11)16)23(2,20)21;15-8-10-3-1-4-11(7-10)14-12(5-2-6-16-14)19-9-13(17)18/h1-8,20H,10H2,(H,22,23);3-7H,8H2,1-2H3,(H,18,19);1-7H,9H2,(H,17,18). The molecule has 0 unspecified atom stereocenters. The summed E-state index contributed by atoms with van der Waals surface area (Å²) in [5, 5.41) is 48.6. The lowest BCUT2D eigenvalue weighted by Gasteiger charge is -2.13. The van der Waals surface area contributed by atoms with E-state index in [0.717, 1.165) is 22.8 Å². The number of carbonyl (C=O) groups is 3. The molecule has 0 aliphatic carbocycles. The number of pyridine rings is 2. The zero-order valence-electron chi connectivity index (χ0n) is 34.3. The molecule has 7 aromatic rings. The van der Waals surface area contributed by atoms with Gasteiger partial charge in [0.15, 0.2) is 23.1 Å². The second-order valence-electron chi connectivity index (χ2n) is 13.6. The summed E-state index contributed by atoms with van der Waals surface area (Å²) in [5.41, 5.74) is 6.14. The van der Waals surface area contributed by atoms with Crippen molar-refractivity contribution in [3.63, 3.8) is 0 Å². The highest BCUT2D eigenvalue weighted by Gasteiger charge is 2.17. The van der Waals surface area contributed by atoms with Crippen LogP contribution in [0.15, 0.2) is 126 Å². The van der Waals surface area contributed by atoms with E-state index in [0.29, 0.717) is 55.8 Å². The average Bonchev–Trinajstić information content (AvgIpc) is 3.71. The molecule has 3 aromatic heterocycles. The Kier molecular flexibility index (Phi) is 16.2. The minimum atomic E-state index is -3.38. The quantitative estimate of drug-likeness (QED) is 0.0848. The number of ether oxygens (including phenoxy) is 2. The van der Waals surface area contributed by atoms with Crippen molar-refractivity contribution >= 4 is 67.5 Å². The molecule has 7 rings (SSSR count). The molecule has 0 aliphatic heterocycles. The summed E-state index contributed by atoms with van der Waals surface area (Å²) in [7, 11) is -3.38. The first-order valence-electron chi connectivity index (χ1n) is 18.9. The molecule has 0 aliphatic rings. The molecule has 330 valence electrons. The van der Waals surface area contributed by atoms with Crippen LogP contribution in [-0.4, -0.2) is 82.2 Å². The van der Waals surface area contributed by atoms with Crippen LogP contribution in [0.5, 0.6) is 11.5 Å². The van der Waals surface area contributed by atoms with Crippen LogP contribution < -0.4 is 14.8 Å². The van der Waals surface area contributed by atoms with Crippen LogP contribution >= 0.6 is 23.2 Å². The molecule has 19 heteroatoms. The highest BCUT2D eigenvalue weighted by Crippen LogP contribution is 2.35. The monoisotopic (exact) mass is 934 g/mol. The Balaban J connectivity index is 0.000000184. The number of aliphatic carboxylic acids is 3. The van der Waals surface area contributed by atoms with Gasteiger partial charge in [0, 0.05) is 45.9 Å². The number of hydrogen-bond donors (Lipinski definition) is 4. The van der Waals surface area contributed by atoms with Gasteiger partial charge in [-0.15, -0.1) is 0 Å². The van der Waals surface area contributed by atoms with Gasteiger partial charge in [0.1, 0.15) is 29.4 Å². The first kappa shape index (κ1) is 48.1. The van der Waals surface area contributed by atoms with Crippen LogP contribution in [0.2, 0.25) is 10.0 Å². The molecule has 0 saturated heterocycles. The number of carboxylic acid groups (broad SMARTS) is 3. The number of aryl methyl sites for hydroxylation is 1. The van der Waals surface area contributed by atoms with Gasteiger partial charge < -0.3 is 34.7 Å². The van der Waals surface area contributed by atoms with Gasteiger partial charge in [0.2, 0.25) is 0 Å². The number of nitrogens with one attached hydrogen (secondary N) is 1. The third kappa shape index (κ3) is 13.3. The van der Waals surface area contributed by atoms with Gasteiger partial charge in [-0.1, -0.05) is 35.3 Å². The lowest BCUT2D eigenvalue weighted by molar-refractivity contribution is -0.140. The second-order valence-corrected chi connectivity index (χ2v) is 16.5. The molecular formula is C46H36Cl2N6O10S. The van der Waals surface area contributed by atoms with E-state index in [-0.39, 0.29) is 22.2 Å². The Morgan fingerprint density at radius 2 is 1.46 bits per heavy atom. The highest BCUT2D eigenvalue weighted by molar-refractivity contribution is 7.90. The maximum atomic E-state index is 11.6. The normalized spacial score (nSPS) is 10.5. The van der Waals surface area contributed by atoms with Crippen LogP contribution in [0.25, 0.3) is 39.1 Å². The molecule has 0 fully saturated rings. The third-order valence-corrected chi connectivity index (χ3v) is 10.5. The Bertz CT molecular complexity index is 3110. The van der Waals surface area contributed by atoms with E-state index in [1.165, 1.54) is 18.2 Å². The first-order valence-corrected chi connectivity index (χ1v) is 21.5. The molecule has 3 heterocycles. The molecule has 16 nitrogen and oxygen atoms in total. The zero-order valence-corrected chi connectivity index (χ0v) is 36.6. The predicted octanol–water partition coefficient (Wildman–Crippen LogP) is 8.31. The number of benzene rings is 4. The van der Waals surface area contributed by atoms with Crippen LogP contribution in [0.3, 0.4) is 0 Å². The number of carboxylic acids is 3. The summed E-state index contributed by atoms with van der Waals surface area (Å²) in [6.45, 7) is 0.628. The summed E-state index contributed by atoms with van der Waals surface area (Å²) >= 11 is 12.3. The number of sulfone groups is 1. The summed E-state index contributed by atoms with van der Waals surface area (Å²) in [5.74, 6) is -2.48. The van der Waals surface area contributed by atoms with E-state index in [4.69, 9.17) is 58.5 Å². The first-order chi connectivity index (χ1) is 31.0. The van der Waals surface area contributed by atoms with E-state index in [1.807, 2.05) is 29.0 Å². The maximum Gasteiger partial charge on any atom is 0.341 e. The lowest BCUT2D eigenvalue weighted by Crippen LogP contribution is -2.13. The maximum absolute atomic E-state index is 11.6. The Morgan fingerprint density at radius 3 is 2.11 bits per heavy atom. The number of anilines is 1. The fourth-order valence-electron chi connectivity index (χ4n) is 5.96. The number of fused-ring (bicyclic) bond motifs is 1. The number of nitrogens with zero attached hydrogens (tertiary/aromatic N) is 5. The Hall–Kier alpha value is -7.96. The van der Waals surface area contributed by atoms with Crippen molar-refractivity contribution in [3.8, 4) is 51.8 Å². The van der Waals surface area contributed by atoms with Crippen LogP contribution in [0, 0.1) is 29.6 Å².